The van der Waals surface area contributed by atoms with Crippen LogP contribution in [0, 0.1) is 19.7 Å². The molecular formula is C19H16ClFN2O. The molecule has 0 spiro atoms. The van der Waals surface area contributed by atoms with Gasteiger partial charge in [0.2, 0.25) is 0 Å². The van der Waals surface area contributed by atoms with Crippen LogP contribution < -0.4 is 5.32 Å². The van der Waals surface area contributed by atoms with Crippen LogP contribution in [0.25, 0.3) is 22.0 Å². The van der Waals surface area contributed by atoms with Crippen molar-refractivity contribution in [1.29, 1.82) is 0 Å². The van der Waals surface area contributed by atoms with Gasteiger partial charge in [0.15, 0.2) is 0 Å². The summed E-state index contributed by atoms with van der Waals surface area (Å²) in [5.41, 5.74) is 4.71. The minimum absolute atomic E-state index is 0.0768. The number of aromatic nitrogens is 1. The van der Waals surface area contributed by atoms with Gasteiger partial charge in [-0.1, -0.05) is 23.7 Å². The molecule has 2 aromatic carbocycles. The number of fused-ring (bicyclic) bond motifs is 3. The van der Waals surface area contributed by atoms with E-state index in [1.54, 1.807) is 13.0 Å². The number of amides is 1. The number of nitrogens with zero attached hydrogens (tertiary/aromatic N) is 1. The number of hydrogen-bond acceptors (Lipinski definition) is 1. The van der Waals surface area contributed by atoms with Crippen molar-refractivity contribution in [1.82, 2.24) is 9.88 Å². The van der Waals surface area contributed by atoms with E-state index < -0.39 is 0 Å². The average Bonchev–Trinajstić information content (AvgIpc) is 2.83. The van der Waals surface area contributed by atoms with Crippen molar-refractivity contribution in [3.05, 3.63) is 58.0 Å². The second-order valence-corrected chi connectivity index (χ2v) is 6.63. The highest BCUT2D eigenvalue weighted by molar-refractivity contribution is 6.32. The molecule has 4 rings (SSSR count). The molecule has 0 saturated carbocycles. The molecule has 3 aromatic rings. The highest BCUT2D eigenvalue weighted by Gasteiger charge is 2.25. The number of benzene rings is 2. The molecule has 0 unspecified atom stereocenters. The van der Waals surface area contributed by atoms with Crippen molar-refractivity contribution in [2.45, 2.75) is 20.4 Å². The van der Waals surface area contributed by atoms with Crippen LogP contribution in [0.2, 0.25) is 5.02 Å². The molecule has 2 heterocycles. The van der Waals surface area contributed by atoms with E-state index in [1.165, 1.54) is 6.07 Å². The van der Waals surface area contributed by atoms with E-state index in [0.29, 0.717) is 29.4 Å². The molecule has 0 fully saturated rings. The summed E-state index contributed by atoms with van der Waals surface area (Å²) >= 11 is 6.31. The maximum atomic E-state index is 14.1. The second kappa shape index (κ2) is 5.35. The molecule has 122 valence electrons. The first-order valence-electron chi connectivity index (χ1n) is 7.84. The van der Waals surface area contributed by atoms with Gasteiger partial charge in [0.05, 0.1) is 5.52 Å². The first-order chi connectivity index (χ1) is 11.5. The zero-order valence-electron chi connectivity index (χ0n) is 13.4. The molecule has 1 amide bonds. The fourth-order valence-electron chi connectivity index (χ4n) is 3.48. The summed E-state index contributed by atoms with van der Waals surface area (Å²) in [5, 5.41) is 4.39. The molecule has 24 heavy (non-hydrogen) atoms. The zero-order valence-corrected chi connectivity index (χ0v) is 14.2. The summed E-state index contributed by atoms with van der Waals surface area (Å²) in [4.78, 5) is 12.3. The van der Waals surface area contributed by atoms with Gasteiger partial charge in [-0.3, -0.25) is 4.79 Å². The number of aryl methyl sites for hydroxylation is 2. The fourth-order valence-corrected chi connectivity index (χ4v) is 3.70. The minimum Gasteiger partial charge on any atom is -0.349 e. The third-order valence-corrected chi connectivity index (χ3v) is 4.91. The van der Waals surface area contributed by atoms with Crippen molar-refractivity contribution in [3.63, 3.8) is 0 Å². The molecule has 0 aliphatic carbocycles. The summed E-state index contributed by atoms with van der Waals surface area (Å²) in [7, 11) is 0. The third-order valence-electron chi connectivity index (χ3n) is 4.69. The number of halogens is 2. The van der Waals surface area contributed by atoms with E-state index in [9.17, 15) is 9.18 Å². The van der Waals surface area contributed by atoms with Crippen molar-refractivity contribution in [3.8, 4) is 11.1 Å². The third kappa shape index (κ3) is 2.13. The number of rotatable bonds is 1. The first kappa shape index (κ1) is 15.2. The Kier molecular flexibility index (Phi) is 3.39. The van der Waals surface area contributed by atoms with Crippen LogP contribution in [-0.2, 0) is 6.54 Å². The molecule has 1 N–H and O–H groups in total. The standard InChI is InChI=1S/C19H16ClFN2O/c1-10-3-4-12(7-16(10)21)15-9-13(20)8-14-11(2)17-19(24)22-5-6-23(17)18(14)15/h3-4,7-9H,5-6H2,1-2H3,(H,22,24). The zero-order chi connectivity index (χ0) is 17.0. The van der Waals surface area contributed by atoms with Crippen molar-refractivity contribution < 1.29 is 9.18 Å². The molecule has 1 aromatic heterocycles. The molecule has 0 atom stereocenters. The molecule has 5 heteroatoms. The maximum Gasteiger partial charge on any atom is 0.268 e. The van der Waals surface area contributed by atoms with Crippen molar-refractivity contribution >= 4 is 28.4 Å². The van der Waals surface area contributed by atoms with Crippen LogP contribution in [-0.4, -0.2) is 17.0 Å². The molecule has 0 saturated heterocycles. The Morgan fingerprint density at radius 3 is 2.75 bits per heavy atom. The van der Waals surface area contributed by atoms with E-state index in [0.717, 1.165) is 27.6 Å². The summed E-state index contributed by atoms with van der Waals surface area (Å²) < 4.78 is 16.1. The van der Waals surface area contributed by atoms with Gasteiger partial charge >= 0.3 is 0 Å². The van der Waals surface area contributed by atoms with Crippen LogP contribution in [0.3, 0.4) is 0 Å². The fraction of sp³-hybridized carbons (Fsp3) is 0.211. The Hall–Kier alpha value is -2.33. The molecule has 1 aliphatic rings. The lowest BCUT2D eigenvalue weighted by Gasteiger charge is -2.18. The van der Waals surface area contributed by atoms with Crippen LogP contribution in [0.1, 0.15) is 21.6 Å². The Morgan fingerprint density at radius 1 is 1.21 bits per heavy atom. The maximum absolute atomic E-state index is 14.1. The Balaban J connectivity index is 2.10. The van der Waals surface area contributed by atoms with Crippen molar-refractivity contribution in [2.75, 3.05) is 6.54 Å². The Labute approximate surface area is 144 Å². The van der Waals surface area contributed by atoms with Gasteiger partial charge in [-0.05, 0) is 48.7 Å². The molecular weight excluding hydrogens is 327 g/mol. The van der Waals surface area contributed by atoms with Crippen LogP contribution in [0.4, 0.5) is 4.39 Å². The monoisotopic (exact) mass is 342 g/mol. The molecule has 0 bridgehead atoms. The van der Waals surface area contributed by atoms with E-state index in [4.69, 9.17) is 11.6 Å². The lowest BCUT2D eigenvalue weighted by atomic mass is 10.0. The SMILES string of the molecule is Cc1ccc(-c2cc(Cl)cc3c(C)c4n(c23)CCNC4=O)cc1F. The van der Waals surface area contributed by atoms with Crippen LogP contribution in [0.15, 0.2) is 30.3 Å². The molecule has 3 nitrogen and oxygen atoms in total. The number of carbonyl (C=O) groups is 1. The van der Waals surface area contributed by atoms with Gasteiger partial charge in [0.25, 0.3) is 5.91 Å². The van der Waals surface area contributed by atoms with Gasteiger partial charge in [-0.2, -0.15) is 0 Å². The number of hydrogen-bond donors (Lipinski definition) is 1. The topological polar surface area (TPSA) is 34.0 Å². The largest absolute Gasteiger partial charge is 0.349 e. The van der Waals surface area contributed by atoms with Crippen LogP contribution >= 0.6 is 11.6 Å². The number of carbonyl (C=O) groups excluding carboxylic acids is 1. The minimum atomic E-state index is -0.250. The quantitative estimate of drug-likeness (QED) is 0.696. The summed E-state index contributed by atoms with van der Waals surface area (Å²) in [6, 6.07) is 8.89. The predicted molar refractivity (Wildman–Crippen MR) is 94.1 cm³/mol. The van der Waals surface area contributed by atoms with Gasteiger partial charge in [-0.15, -0.1) is 0 Å². The smallest absolute Gasteiger partial charge is 0.268 e. The Morgan fingerprint density at radius 2 is 2.00 bits per heavy atom. The lowest BCUT2D eigenvalue weighted by molar-refractivity contribution is 0.0928. The summed E-state index contributed by atoms with van der Waals surface area (Å²) in [5.74, 6) is -0.326. The molecule has 0 radical (unpaired) electrons. The normalized spacial score (nSPS) is 13.9. The van der Waals surface area contributed by atoms with Gasteiger partial charge in [0.1, 0.15) is 11.5 Å². The van der Waals surface area contributed by atoms with Crippen LogP contribution in [0.5, 0.6) is 0 Å². The van der Waals surface area contributed by atoms with E-state index in [2.05, 4.69) is 5.32 Å². The number of nitrogens with one attached hydrogen (secondary N) is 1. The van der Waals surface area contributed by atoms with E-state index >= 15 is 0 Å². The van der Waals surface area contributed by atoms with Gasteiger partial charge in [-0.25, -0.2) is 4.39 Å². The molecule has 1 aliphatic heterocycles. The van der Waals surface area contributed by atoms with E-state index in [1.807, 2.05) is 29.7 Å². The highest BCUT2D eigenvalue weighted by Crippen LogP contribution is 2.37. The lowest BCUT2D eigenvalue weighted by Crippen LogP contribution is -2.35. The second-order valence-electron chi connectivity index (χ2n) is 6.19. The average molecular weight is 343 g/mol. The van der Waals surface area contributed by atoms with Gasteiger partial charge < -0.3 is 9.88 Å². The van der Waals surface area contributed by atoms with Crippen molar-refractivity contribution in [2.24, 2.45) is 0 Å². The Bertz CT molecular complexity index is 1010. The summed E-state index contributed by atoms with van der Waals surface area (Å²) in [6.45, 7) is 4.93. The highest BCUT2D eigenvalue weighted by atomic mass is 35.5. The van der Waals surface area contributed by atoms with E-state index in [-0.39, 0.29) is 11.7 Å². The predicted octanol–water partition coefficient (Wildman–Crippen LogP) is 4.46. The van der Waals surface area contributed by atoms with Gasteiger partial charge in [0, 0.05) is 29.1 Å². The first-order valence-corrected chi connectivity index (χ1v) is 8.22. The summed E-state index contributed by atoms with van der Waals surface area (Å²) in [6.07, 6.45) is 0.